The predicted molar refractivity (Wildman–Crippen MR) is 82.8 cm³/mol. The van der Waals surface area contributed by atoms with E-state index in [1.165, 1.54) is 6.33 Å². The van der Waals surface area contributed by atoms with Crippen molar-refractivity contribution in [3.05, 3.63) is 25.0 Å². The third-order valence-corrected chi connectivity index (χ3v) is 3.53. The van der Waals surface area contributed by atoms with E-state index in [1.807, 2.05) is 6.07 Å². The Morgan fingerprint density at radius 3 is 3.14 bits per heavy atom. The van der Waals surface area contributed by atoms with Gasteiger partial charge in [0.25, 0.3) is 0 Å². The minimum atomic E-state index is 0.0810. The van der Waals surface area contributed by atoms with Crippen LogP contribution in [0.1, 0.15) is 13.3 Å². The van der Waals surface area contributed by atoms with Crippen LogP contribution < -0.4 is 10.2 Å². The maximum atomic E-state index is 5.81. The molecule has 1 saturated heterocycles. The van der Waals surface area contributed by atoms with E-state index in [4.69, 9.17) is 4.74 Å². The number of rotatable bonds is 6. The van der Waals surface area contributed by atoms with Crippen molar-refractivity contribution < 1.29 is 4.74 Å². The molecule has 3 heterocycles. The Labute approximate surface area is 129 Å². The molecule has 2 aromatic heterocycles. The number of anilines is 2. The number of nitrogens with one attached hydrogen (secondary N) is 1. The van der Waals surface area contributed by atoms with E-state index in [9.17, 15) is 0 Å². The highest BCUT2D eigenvalue weighted by atomic mass is 16.5. The molecule has 3 rings (SSSR count). The second-order valence-electron chi connectivity index (χ2n) is 5.24. The van der Waals surface area contributed by atoms with Crippen molar-refractivity contribution >= 4 is 11.6 Å². The van der Waals surface area contributed by atoms with Crippen molar-refractivity contribution in [1.82, 2.24) is 24.7 Å². The van der Waals surface area contributed by atoms with E-state index in [-0.39, 0.29) is 6.10 Å². The van der Waals surface area contributed by atoms with Gasteiger partial charge in [0.2, 0.25) is 0 Å². The van der Waals surface area contributed by atoms with Gasteiger partial charge in [-0.2, -0.15) is 5.10 Å². The van der Waals surface area contributed by atoms with E-state index < -0.39 is 0 Å². The first-order valence-electron chi connectivity index (χ1n) is 7.60. The van der Waals surface area contributed by atoms with Crippen LogP contribution in [-0.4, -0.2) is 57.1 Å². The van der Waals surface area contributed by atoms with Crippen LogP contribution in [-0.2, 0) is 11.3 Å². The summed E-state index contributed by atoms with van der Waals surface area (Å²) in [6, 6.07) is 1.99. The Morgan fingerprint density at radius 2 is 2.32 bits per heavy atom. The van der Waals surface area contributed by atoms with Crippen LogP contribution in [0.2, 0.25) is 0 Å². The summed E-state index contributed by atoms with van der Waals surface area (Å²) in [6.07, 6.45) is 6.00. The molecule has 0 bridgehead atoms. The van der Waals surface area contributed by atoms with Gasteiger partial charge in [0.1, 0.15) is 30.6 Å². The molecule has 0 saturated carbocycles. The van der Waals surface area contributed by atoms with Crippen LogP contribution in [0, 0.1) is 0 Å². The lowest BCUT2D eigenvalue weighted by molar-refractivity contribution is 0.0271. The van der Waals surface area contributed by atoms with Crippen LogP contribution in [0.25, 0.3) is 0 Å². The van der Waals surface area contributed by atoms with Gasteiger partial charge in [-0.1, -0.05) is 6.92 Å². The second kappa shape index (κ2) is 7.17. The molecule has 1 N–H and O–H groups in total. The topological polar surface area (TPSA) is 81.0 Å². The zero-order chi connectivity index (χ0) is 15.2. The summed E-state index contributed by atoms with van der Waals surface area (Å²) in [5, 5.41) is 7.42. The Morgan fingerprint density at radius 1 is 1.36 bits per heavy atom. The van der Waals surface area contributed by atoms with Gasteiger partial charge in [-0.25, -0.2) is 15.0 Å². The van der Waals surface area contributed by atoms with Crippen molar-refractivity contribution in [2.24, 2.45) is 0 Å². The van der Waals surface area contributed by atoms with E-state index in [0.717, 1.165) is 37.7 Å². The van der Waals surface area contributed by atoms with Crippen molar-refractivity contribution in [2.45, 2.75) is 26.0 Å². The van der Waals surface area contributed by atoms with E-state index in [1.54, 1.807) is 17.3 Å². The third kappa shape index (κ3) is 3.70. The molecule has 1 atom stereocenters. The lowest BCUT2D eigenvalue weighted by atomic mass is 10.2. The van der Waals surface area contributed by atoms with Gasteiger partial charge >= 0.3 is 0 Å². The van der Waals surface area contributed by atoms with Crippen LogP contribution in [0.3, 0.4) is 0 Å². The molecule has 8 heteroatoms. The summed E-state index contributed by atoms with van der Waals surface area (Å²) >= 11 is 0. The number of nitrogens with zero attached hydrogens (tertiary/aromatic N) is 6. The molecular weight excluding hydrogens is 282 g/mol. The molecule has 0 radical (unpaired) electrons. The van der Waals surface area contributed by atoms with Gasteiger partial charge in [0, 0.05) is 25.7 Å². The van der Waals surface area contributed by atoms with Gasteiger partial charge in [0.05, 0.1) is 19.3 Å². The average Bonchev–Trinajstić information content (AvgIpc) is 3.06. The summed E-state index contributed by atoms with van der Waals surface area (Å²) in [5.41, 5.74) is 0. The number of aromatic nitrogens is 5. The number of hydrogen-bond donors (Lipinski definition) is 1. The fourth-order valence-electron chi connectivity index (χ4n) is 2.44. The fourth-order valence-corrected chi connectivity index (χ4v) is 2.44. The summed E-state index contributed by atoms with van der Waals surface area (Å²) in [6.45, 7) is 6.03. The molecule has 0 aromatic carbocycles. The molecule has 22 heavy (non-hydrogen) atoms. The lowest BCUT2D eigenvalue weighted by Crippen LogP contribution is -2.44. The normalized spacial score (nSPS) is 18.4. The average molecular weight is 303 g/mol. The van der Waals surface area contributed by atoms with Crippen LogP contribution in [0.15, 0.2) is 25.0 Å². The predicted octanol–water partition coefficient (Wildman–Crippen LogP) is 0.795. The highest BCUT2D eigenvalue weighted by Gasteiger charge is 2.22. The standard InChI is InChI=1S/C14H21N7O/c1-2-3-16-13-6-14(18-10-17-13)20-4-5-22-12(7-20)8-21-11-15-9-19-21/h6,9-12H,2-5,7-8H2,1H3,(H,16,17,18). The molecular formula is C14H21N7O. The minimum Gasteiger partial charge on any atom is -0.373 e. The smallest absolute Gasteiger partial charge is 0.137 e. The van der Waals surface area contributed by atoms with E-state index >= 15 is 0 Å². The molecule has 0 aliphatic carbocycles. The third-order valence-electron chi connectivity index (χ3n) is 3.53. The van der Waals surface area contributed by atoms with Crippen molar-refractivity contribution in [2.75, 3.05) is 36.5 Å². The molecule has 8 nitrogen and oxygen atoms in total. The van der Waals surface area contributed by atoms with Gasteiger partial charge in [-0.15, -0.1) is 0 Å². The molecule has 0 spiro atoms. The van der Waals surface area contributed by atoms with Crippen molar-refractivity contribution in [3.8, 4) is 0 Å². The van der Waals surface area contributed by atoms with Gasteiger partial charge < -0.3 is 15.0 Å². The minimum absolute atomic E-state index is 0.0810. The molecule has 1 aliphatic rings. The zero-order valence-electron chi connectivity index (χ0n) is 12.7. The summed E-state index contributed by atoms with van der Waals surface area (Å²) < 4.78 is 7.60. The highest BCUT2D eigenvalue weighted by molar-refractivity contribution is 5.48. The molecule has 1 fully saturated rings. The Hall–Kier alpha value is -2.22. The molecule has 1 aliphatic heterocycles. The van der Waals surface area contributed by atoms with Gasteiger partial charge in [-0.3, -0.25) is 4.68 Å². The SMILES string of the molecule is CCCNc1cc(N2CCOC(Cn3cncn3)C2)ncn1. The first-order valence-corrected chi connectivity index (χ1v) is 7.60. The summed E-state index contributed by atoms with van der Waals surface area (Å²) in [4.78, 5) is 14.8. The Kier molecular flexibility index (Phi) is 4.79. The number of hydrogen-bond acceptors (Lipinski definition) is 7. The lowest BCUT2D eigenvalue weighted by Gasteiger charge is -2.33. The number of morpholine rings is 1. The molecule has 118 valence electrons. The summed E-state index contributed by atoms with van der Waals surface area (Å²) in [7, 11) is 0. The van der Waals surface area contributed by atoms with Crippen LogP contribution in [0.4, 0.5) is 11.6 Å². The zero-order valence-corrected chi connectivity index (χ0v) is 12.7. The van der Waals surface area contributed by atoms with Crippen molar-refractivity contribution in [3.63, 3.8) is 0 Å². The van der Waals surface area contributed by atoms with Gasteiger partial charge in [0.15, 0.2) is 0 Å². The monoisotopic (exact) mass is 303 g/mol. The van der Waals surface area contributed by atoms with Crippen LogP contribution in [0.5, 0.6) is 0 Å². The summed E-state index contributed by atoms with van der Waals surface area (Å²) in [5.74, 6) is 1.80. The maximum absolute atomic E-state index is 5.81. The van der Waals surface area contributed by atoms with Gasteiger partial charge in [-0.05, 0) is 6.42 Å². The van der Waals surface area contributed by atoms with Crippen molar-refractivity contribution in [1.29, 1.82) is 0 Å². The first kappa shape index (κ1) is 14.7. The molecule has 1 unspecified atom stereocenters. The quantitative estimate of drug-likeness (QED) is 0.845. The molecule has 0 amide bonds. The second-order valence-corrected chi connectivity index (χ2v) is 5.24. The Bertz CT molecular complexity index is 574. The maximum Gasteiger partial charge on any atom is 0.137 e. The Balaban J connectivity index is 1.63. The highest BCUT2D eigenvalue weighted by Crippen LogP contribution is 2.18. The fraction of sp³-hybridized carbons (Fsp3) is 0.571. The van der Waals surface area contributed by atoms with E-state index in [2.05, 4.69) is 37.2 Å². The molecule has 2 aromatic rings. The van der Waals surface area contributed by atoms with Crippen LogP contribution >= 0.6 is 0 Å². The first-order chi connectivity index (χ1) is 10.8. The van der Waals surface area contributed by atoms with E-state index in [0.29, 0.717) is 13.2 Å². The number of ether oxygens (including phenoxy) is 1. The largest absolute Gasteiger partial charge is 0.373 e.